The zero-order chi connectivity index (χ0) is 22.6. The summed E-state index contributed by atoms with van der Waals surface area (Å²) < 4.78 is 11.7. The van der Waals surface area contributed by atoms with Gasteiger partial charge in [0.05, 0.1) is 23.1 Å². The van der Waals surface area contributed by atoms with E-state index in [0.29, 0.717) is 19.6 Å². The molecular formula is C27H26N2O3S. The van der Waals surface area contributed by atoms with Gasteiger partial charge in [-0.15, -0.1) is 11.3 Å². The second-order valence-corrected chi connectivity index (χ2v) is 10.7. The van der Waals surface area contributed by atoms with E-state index in [1.807, 2.05) is 36.5 Å². The minimum Gasteiger partial charge on any atom is -0.454 e. The van der Waals surface area contributed by atoms with Crippen LogP contribution in [0.4, 0.5) is 5.00 Å². The van der Waals surface area contributed by atoms with E-state index in [2.05, 4.69) is 35.9 Å². The van der Waals surface area contributed by atoms with Crippen LogP contribution in [0.1, 0.15) is 35.5 Å². The molecule has 0 amide bonds. The van der Waals surface area contributed by atoms with Crippen LogP contribution < -0.4 is 4.90 Å². The van der Waals surface area contributed by atoms with Crippen molar-refractivity contribution >= 4 is 33.1 Å². The molecular weight excluding hydrogens is 432 g/mol. The summed E-state index contributed by atoms with van der Waals surface area (Å²) >= 11 is 1.65. The topological polar surface area (TPSA) is 55.6 Å². The Morgan fingerprint density at radius 1 is 1.06 bits per heavy atom. The number of hydrogen-bond donors (Lipinski definition) is 0. The van der Waals surface area contributed by atoms with E-state index in [1.165, 1.54) is 16.1 Å². The summed E-state index contributed by atoms with van der Waals surface area (Å²) in [6.45, 7) is 7.48. The third-order valence-corrected chi connectivity index (χ3v) is 7.89. The molecule has 0 atom stereocenters. The number of thiophene rings is 1. The average molecular weight is 459 g/mol. The maximum Gasteiger partial charge on any atom is 0.173 e. The van der Waals surface area contributed by atoms with Gasteiger partial charge in [0.2, 0.25) is 0 Å². The number of benzene rings is 1. The quantitative estimate of drug-likeness (QED) is 0.365. The number of ether oxygens (including phenoxy) is 1. The summed E-state index contributed by atoms with van der Waals surface area (Å²) in [5, 5.41) is 2.24. The molecule has 1 aliphatic heterocycles. The van der Waals surface area contributed by atoms with E-state index in [-0.39, 0.29) is 11.2 Å². The molecule has 0 N–H and O–H groups in total. The third kappa shape index (κ3) is 3.67. The molecule has 3 aromatic heterocycles. The lowest BCUT2D eigenvalue weighted by Gasteiger charge is -2.30. The normalized spacial score (nSPS) is 18.0. The lowest BCUT2D eigenvalue weighted by molar-refractivity contribution is 0.0918. The fraction of sp³-hybridized carbons (Fsp3) is 0.333. The van der Waals surface area contributed by atoms with Crippen molar-refractivity contribution in [2.75, 3.05) is 31.2 Å². The predicted molar refractivity (Wildman–Crippen MR) is 132 cm³/mol. The largest absolute Gasteiger partial charge is 0.454 e. The van der Waals surface area contributed by atoms with Crippen molar-refractivity contribution in [3.05, 3.63) is 59.1 Å². The number of carbonyl (C=O) groups is 1. The monoisotopic (exact) mass is 458 g/mol. The van der Waals surface area contributed by atoms with Crippen molar-refractivity contribution in [2.24, 2.45) is 5.41 Å². The number of anilines is 1. The molecule has 6 heteroatoms. The van der Waals surface area contributed by atoms with Crippen molar-refractivity contribution < 1.29 is 13.9 Å². The van der Waals surface area contributed by atoms with Crippen molar-refractivity contribution in [1.29, 1.82) is 0 Å². The second-order valence-electron chi connectivity index (χ2n) is 9.71. The molecule has 168 valence electrons. The Hall–Kier alpha value is -2.96. The average Bonchev–Trinajstić information content (AvgIpc) is 3.41. The molecule has 1 fully saturated rings. The van der Waals surface area contributed by atoms with E-state index >= 15 is 0 Å². The van der Waals surface area contributed by atoms with Gasteiger partial charge in [-0.25, -0.2) is 0 Å². The highest BCUT2D eigenvalue weighted by Crippen LogP contribution is 2.49. The fourth-order valence-corrected chi connectivity index (χ4v) is 6.35. The number of furan rings is 1. The number of Topliss-reactive ketones (excluding diaryl/α,β-unsaturated/α-hetero) is 1. The Bertz CT molecular complexity index is 1330. The fourth-order valence-electron chi connectivity index (χ4n) is 5.02. The molecule has 33 heavy (non-hydrogen) atoms. The van der Waals surface area contributed by atoms with Crippen molar-refractivity contribution in [1.82, 2.24) is 4.98 Å². The summed E-state index contributed by atoms with van der Waals surface area (Å²) in [7, 11) is 0. The van der Waals surface area contributed by atoms with Crippen LogP contribution in [-0.4, -0.2) is 37.1 Å². The zero-order valence-corrected chi connectivity index (χ0v) is 19.7. The molecule has 2 aliphatic rings. The Morgan fingerprint density at radius 2 is 1.88 bits per heavy atom. The first-order valence-electron chi connectivity index (χ1n) is 11.5. The number of fused-ring (bicyclic) bond motifs is 2. The molecule has 0 unspecified atom stereocenters. The highest BCUT2D eigenvalue weighted by atomic mass is 32.1. The molecule has 1 saturated heterocycles. The highest BCUT2D eigenvalue weighted by Gasteiger charge is 2.37. The Kier molecular flexibility index (Phi) is 4.89. The SMILES string of the molecule is CC1(C)CC(=O)c2sc(N3CCOCC3)c(-c3ccnc(-c4cc5ccccc5o4)c3)c2C1. The zero-order valence-electron chi connectivity index (χ0n) is 18.9. The summed E-state index contributed by atoms with van der Waals surface area (Å²) in [5.74, 6) is 1.02. The van der Waals surface area contributed by atoms with Crippen LogP contribution >= 0.6 is 11.3 Å². The van der Waals surface area contributed by atoms with Crippen molar-refractivity contribution in [3.63, 3.8) is 0 Å². The van der Waals surface area contributed by atoms with Crippen molar-refractivity contribution in [3.8, 4) is 22.6 Å². The van der Waals surface area contributed by atoms with Gasteiger partial charge in [0.25, 0.3) is 0 Å². The summed E-state index contributed by atoms with van der Waals surface area (Å²) in [5.41, 5.74) is 5.07. The molecule has 0 radical (unpaired) electrons. The van der Waals surface area contributed by atoms with Gasteiger partial charge >= 0.3 is 0 Å². The highest BCUT2D eigenvalue weighted by molar-refractivity contribution is 7.19. The van der Waals surface area contributed by atoms with E-state index in [9.17, 15) is 4.79 Å². The van der Waals surface area contributed by atoms with Crippen LogP contribution in [0.2, 0.25) is 0 Å². The van der Waals surface area contributed by atoms with Gasteiger partial charge in [-0.1, -0.05) is 32.0 Å². The maximum atomic E-state index is 13.1. The van der Waals surface area contributed by atoms with Crippen LogP contribution in [0.3, 0.4) is 0 Å². The maximum absolute atomic E-state index is 13.1. The minimum atomic E-state index is -0.0449. The third-order valence-electron chi connectivity index (χ3n) is 6.56. The molecule has 0 saturated carbocycles. The van der Waals surface area contributed by atoms with E-state index in [1.54, 1.807) is 11.3 Å². The van der Waals surface area contributed by atoms with Crippen LogP contribution in [0.15, 0.2) is 53.1 Å². The lowest BCUT2D eigenvalue weighted by Crippen LogP contribution is -2.36. The number of nitrogens with zero attached hydrogens (tertiary/aromatic N) is 2. The van der Waals surface area contributed by atoms with Gasteiger partial charge < -0.3 is 14.1 Å². The smallest absolute Gasteiger partial charge is 0.173 e. The van der Waals surface area contributed by atoms with E-state index < -0.39 is 0 Å². The predicted octanol–water partition coefficient (Wildman–Crippen LogP) is 6.22. The minimum absolute atomic E-state index is 0.0449. The summed E-state index contributed by atoms with van der Waals surface area (Å²) in [4.78, 5) is 21.0. The number of aromatic nitrogens is 1. The molecule has 0 spiro atoms. The standard InChI is InChI=1S/C27H26N2O3S/c1-27(2)15-19-24(26(29-9-11-31-12-10-29)33-25(19)21(30)16-27)18-7-8-28-20(13-18)23-14-17-5-3-4-6-22(17)32-23/h3-8,13-14H,9-12,15-16H2,1-2H3. The number of morpholine rings is 1. The van der Waals surface area contributed by atoms with Gasteiger partial charge in [0.15, 0.2) is 11.5 Å². The van der Waals surface area contributed by atoms with Crippen LogP contribution in [0.5, 0.6) is 0 Å². The number of pyridine rings is 1. The van der Waals surface area contributed by atoms with Gasteiger partial charge in [0, 0.05) is 36.7 Å². The van der Waals surface area contributed by atoms with E-state index in [0.717, 1.165) is 52.4 Å². The van der Waals surface area contributed by atoms with Gasteiger partial charge in [-0.2, -0.15) is 0 Å². The number of para-hydroxylation sites is 1. The number of ketones is 1. The lowest BCUT2D eigenvalue weighted by atomic mass is 9.75. The molecule has 4 aromatic rings. The van der Waals surface area contributed by atoms with E-state index in [4.69, 9.17) is 9.15 Å². The Labute approximate surface area is 197 Å². The van der Waals surface area contributed by atoms with Crippen LogP contribution in [0.25, 0.3) is 33.6 Å². The second kappa shape index (κ2) is 7.82. The number of hydrogen-bond acceptors (Lipinski definition) is 6. The first kappa shape index (κ1) is 20.6. The van der Waals surface area contributed by atoms with Crippen molar-refractivity contribution in [2.45, 2.75) is 26.7 Å². The van der Waals surface area contributed by atoms with Gasteiger partial charge in [-0.05, 0) is 47.2 Å². The molecule has 1 aliphatic carbocycles. The Morgan fingerprint density at radius 3 is 2.70 bits per heavy atom. The molecule has 4 heterocycles. The van der Waals surface area contributed by atoms with Gasteiger partial charge in [0.1, 0.15) is 11.3 Å². The number of rotatable bonds is 3. The molecule has 5 nitrogen and oxygen atoms in total. The summed E-state index contributed by atoms with van der Waals surface area (Å²) in [6.07, 6.45) is 3.34. The first-order chi connectivity index (χ1) is 16.0. The number of carbonyl (C=O) groups excluding carboxylic acids is 1. The van der Waals surface area contributed by atoms with Crippen LogP contribution in [-0.2, 0) is 11.2 Å². The Balaban J connectivity index is 1.51. The van der Waals surface area contributed by atoms with Crippen LogP contribution in [0, 0.1) is 5.41 Å². The molecule has 6 rings (SSSR count). The summed E-state index contributed by atoms with van der Waals surface area (Å²) in [6, 6.07) is 14.2. The van der Waals surface area contributed by atoms with Gasteiger partial charge in [-0.3, -0.25) is 9.78 Å². The first-order valence-corrected chi connectivity index (χ1v) is 12.3. The molecule has 1 aromatic carbocycles. The molecule has 0 bridgehead atoms.